The lowest BCUT2D eigenvalue weighted by atomic mass is 10.0. The van der Waals surface area contributed by atoms with Crippen LogP contribution in [0, 0.1) is 5.92 Å². The van der Waals surface area contributed by atoms with Crippen LogP contribution < -0.4 is 5.73 Å². The molecule has 3 nitrogen and oxygen atoms in total. The third-order valence-electron chi connectivity index (χ3n) is 3.13. The van der Waals surface area contributed by atoms with Crippen molar-refractivity contribution in [1.82, 2.24) is 4.90 Å². The molecule has 0 bridgehead atoms. The molecule has 0 rings (SSSR count). The molecule has 0 saturated heterocycles. The lowest BCUT2D eigenvalue weighted by molar-refractivity contribution is 0.0515. The van der Waals surface area contributed by atoms with E-state index in [9.17, 15) is 0 Å². The molecule has 0 radical (unpaired) electrons. The molecule has 0 aromatic carbocycles. The van der Waals surface area contributed by atoms with Crippen LogP contribution in [0.2, 0.25) is 0 Å². The number of hydrogen-bond acceptors (Lipinski definition) is 3. The van der Waals surface area contributed by atoms with Crippen molar-refractivity contribution in [2.24, 2.45) is 11.7 Å². The summed E-state index contributed by atoms with van der Waals surface area (Å²) in [6.07, 6.45) is 1.24. The molecule has 0 heterocycles. The van der Waals surface area contributed by atoms with Crippen LogP contribution in [0.15, 0.2) is 0 Å². The zero-order valence-electron chi connectivity index (χ0n) is 11.0. The van der Waals surface area contributed by atoms with Crippen LogP contribution in [0.5, 0.6) is 0 Å². The molecule has 2 atom stereocenters. The first-order chi connectivity index (χ1) is 7.02. The van der Waals surface area contributed by atoms with Crippen molar-refractivity contribution in [3.05, 3.63) is 0 Å². The summed E-state index contributed by atoms with van der Waals surface area (Å²) >= 11 is 0. The number of rotatable bonds is 8. The molecule has 0 amide bonds. The van der Waals surface area contributed by atoms with Gasteiger partial charge >= 0.3 is 0 Å². The standard InChI is InChI=1S/C12H28N2O/c1-6-15-12(9-13)7-8-14(5)11(4)10(2)3/h10-12H,6-9,13H2,1-5H3. The maximum Gasteiger partial charge on any atom is 0.0709 e. The highest BCUT2D eigenvalue weighted by atomic mass is 16.5. The van der Waals surface area contributed by atoms with Crippen LogP contribution in [0.25, 0.3) is 0 Å². The highest BCUT2D eigenvalue weighted by Crippen LogP contribution is 2.09. The lowest BCUT2D eigenvalue weighted by Crippen LogP contribution is -2.37. The van der Waals surface area contributed by atoms with E-state index in [1.165, 1.54) is 0 Å². The minimum absolute atomic E-state index is 0.219. The lowest BCUT2D eigenvalue weighted by Gasteiger charge is -2.29. The molecular weight excluding hydrogens is 188 g/mol. The summed E-state index contributed by atoms with van der Waals surface area (Å²) in [7, 11) is 2.17. The summed E-state index contributed by atoms with van der Waals surface area (Å²) in [5.74, 6) is 0.693. The molecule has 3 heteroatoms. The second-order valence-electron chi connectivity index (χ2n) is 4.57. The SMILES string of the molecule is CCOC(CN)CCN(C)C(C)C(C)C. The van der Waals surface area contributed by atoms with Crippen LogP contribution in [0.4, 0.5) is 0 Å². The van der Waals surface area contributed by atoms with Gasteiger partial charge in [-0.15, -0.1) is 0 Å². The quantitative estimate of drug-likeness (QED) is 0.671. The fourth-order valence-electron chi connectivity index (χ4n) is 1.57. The molecule has 0 aliphatic heterocycles. The Morgan fingerprint density at radius 3 is 2.27 bits per heavy atom. The van der Waals surface area contributed by atoms with Gasteiger partial charge < -0.3 is 15.4 Å². The van der Waals surface area contributed by atoms with Gasteiger partial charge in [0.2, 0.25) is 0 Å². The van der Waals surface area contributed by atoms with Gasteiger partial charge in [0.05, 0.1) is 6.10 Å². The van der Waals surface area contributed by atoms with Gasteiger partial charge in [0.15, 0.2) is 0 Å². The monoisotopic (exact) mass is 216 g/mol. The van der Waals surface area contributed by atoms with Gasteiger partial charge in [0.25, 0.3) is 0 Å². The normalized spacial score (nSPS) is 16.0. The first-order valence-corrected chi connectivity index (χ1v) is 6.04. The van der Waals surface area contributed by atoms with E-state index in [4.69, 9.17) is 10.5 Å². The fraction of sp³-hybridized carbons (Fsp3) is 1.00. The maximum atomic E-state index is 5.64. The van der Waals surface area contributed by atoms with E-state index in [1.807, 2.05) is 6.92 Å². The van der Waals surface area contributed by atoms with Crippen LogP contribution in [0.1, 0.15) is 34.1 Å². The molecular formula is C12H28N2O. The largest absolute Gasteiger partial charge is 0.377 e. The van der Waals surface area contributed by atoms with E-state index < -0.39 is 0 Å². The summed E-state index contributed by atoms with van der Waals surface area (Å²) in [6.45, 7) is 11.2. The zero-order valence-corrected chi connectivity index (χ0v) is 11.0. The Labute approximate surface area is 95.0 Å². The Morgan fingerprint density at radius 2 is 1.87 bits per heavy atom. The van der Waals surface area contributed by atoms with E-state index in [1.54, 1.807) is 0 Å². The second-order valence-corrected chi connectivity index (χ2v) is 4.57. The average Bonchev–Trinajstić information content (AvgIpc) is 2.22. The van der Waals surface area contributed by atoms with E-state index in [-0.39, 0.29) is 6.10 Å². The Morgan fingerprint density at radius 1 is 1.27 bits per heavy atom. The van der Waals surface area contributed by atoms with Crippen molar-refractivity contribution < 1.29 is 4.74 Å². The highest BCUT2D eigenvalue weighted by Gasteiger charge is 2.14. The van der Waals surface area contributed by atoms with Gasteiger partial charge in [0.1, 0.15) is 0 Å². The van der Waals surface area contributed by atoms with E-state index in [0.717, 1.165) is 19.6 Å². The van der Waals surface area contributed by atoms with Gasteiger partial charge in [-0.3, -0.25) is 0 Å². The second kappa shape index (κ2) is 8.08. The molecule has 0 aromatic rings. The van der Waals surface area contributed by atoms with Crippen LogP contribution >= 0.6 is 0 Å². The molecule has 2 N–H and O–H groups in total. The highest BCUT2D eigenvalue weighted by molar-refractivity contribution is 4.69. The van der Waals surface area contributed by atoms with Gasteiger partial charge in [-0.25, -0.2) is 0 Å². The van der Waals surface area contributed by atoms with Crippen molar-refractivity contribution in [2.45, 2.75) is 46.3 Å². The Kier molecular flexibility index (Phi) is 8.02. The summed E-state index contributed by atoms with van der Waals surface area (Å²) in [5, 5.41) is 0. The first kappa shape index (κ1) is 14.9. The van der Waals surface area contributed by atoms with Crippen LogP contribution in [-0.4, -0.2) is 43.8 Å². The summed E-state index contributed by atoms with van der Waals surface area (Å²) < 4.78 is 5.53. The van der Waals surface area contributed by atoms with Crippen LogP contribution in [0.3, 0.4) is 0 Å². The van der Waals surface area contributed by atoms with E-state index >= 15 is 0 Å². The molecule has 0 saturated carbocycles. The molecule has 0 fully saturated rings. The Bertz CT molecular complexity index is 151. The average molecular weight is 216 g/mol. The third kappa shape index (κ3) is 6.13. The molecule has 0 aromatic heterocycles. The molecule has 0 aliphatic carbocycles. The van der Waals surface area contributed by atoms with Gasteiger partial charge in [-0.1, -0.05) is 13.8 Å². The molecule has 92 valence electrons. The predicted molar refractivity (Wildman–Crippen MR) is 66.0 cm³/mol. The first-order valence-electron chi connectivity index (χ1n) is 6.04. The molecule has 0 spiro atoms. The van der Waals surface area contributed by atoms with Crippen molar-refractivity contribution in [3.63, 3.8) is 0 Å². The van der Waals surface area contributed by atoms with E-state index in [2.05, 4.69) is 32.7 Å². The van der Waals surface area contributed by atoms with Crippen molar-refractivity contribution in [1.29, 1.82) is 0 Å². The fourth-order valence-corrected chi connectivity index (χ4v) is 1.57. The third-order valence-corrected chi connectivity index (χ3v) is 3.13. The summed E-state index contributed by atoms with van der Waals surface area (Å²) in [5.41, 5.74) is 5.64. The topological polar surface area (TPSA) is 38.5 Å². The Balaban J connectivity index is 3.81. The predicted octanol–water partition coefficient (Wildman–Crippen LogP) is 1.72. The van der Waals surface area contributed by atoms with Gasteiger partial charge in [0, 0.05) is 25.7 Å². The van der Waals surface area contributed by atoms with Crippen molar-refractivity contribution >= 4 is 0 Å². The summed E-state index contributed by atoms with van der Waals surface area (Å²) in [4.78, 5) is 2.38. The van der Waals surface area contributed by atoms with Crippen LogP contribution in [-0.2, 0) is 4.74 Å². The molecule has 0 aliphatic rings. The number of nitrogens with zero attached hydrogens (tertiary/aromatic N) is 1. The summed E-state index contributed by atoms with van der Waals surface area (Å²) in [6, 6.07) is 0.616. The number of nitrogens with two attached hydrogens (primary N) is 1. The minimum atomic E-state index is 0.219. The molecule has 15 heavy (non-hydrogen) atoms. The maximum absolute atomic E-state index is 5.64. The van der Waals surface area contributed by atoms with Gasteiger partial charge in [-0.2, -0.15) is 0 Å². The zero-order chi connectivity index (χ0) is 11.8. The van der Waals surface area contributed by atoms with Gasteiger partial charge in [-0.05, 0) is 33.2 Å². The van der Waals surface area contributed by atoms with E-state index in [0.29, 0.717) is 18.5 Å². The smallest absolute Gasteiger partial charge is 0.0709 e. The van der Waals surface area contributed by atoms with Crippen molar-refractivity contribution in [3.8, 4) is 0 Å². The number of hydrogen-bond donors (Lipinski definition) is 1. The Hall–Kier alpha value is -0.120. The minimum Gasteiger partial charge on any atom is -0.377 e. The molecule has 2 unspecified atom stereocenters. The van der Waals surface area contributed by atoms with Crippen molar-refractivity contribution in [2.75, 3.05) is 26.7 Å². The number of ether oxygens (including phenoxy) is 1.